The topological polar surface area (TPSA) is 84.5 Å². The predicted molar refractivity (Wildman–Crippen MR) is 93.7 cm³/mol. The molecule has 4 rings (SSSR count). The van der Waals surface area contributed by atoms with E-state index in [-0.39, 0.29) is 11.5 Å². The number of nitrogens with one attached hydrogen (secondary N) is 1. The summed E-state index contributed by atoms with van der Waals surface area (Å²) in [6.07, 6.45) is 3.74. The number of rotatable bonds is 4. The van der Waals surface area contributed by atoms with Crippen molar-refractivity contribution in [3.8, 4) is 0 Å². The third kappa shape index (κ3) is 3.37. The van der Waals surface area contributed by atoms with Crippen molar-refractivity contribution in [2.45, 2.75) is 19.4 Å². The molecule has 0 spiro atoms. The van der Waals surface area contributed by atoms with Crippen LogP contribution in [-0.4, -0.2) is 38.2 Å². The van der Waals surface area contributed by atoms with Crippen molar-refractivity contribution < 1.29 is 13.6 Å². The van der Waals surface area contributed by atoms with Crippen molar-refractivity contribution in [3.63, 3.8) is 0 Å². The highest BCUT2D eigenvalue weighted by Crippen LogP contribution is 2.17. The molecule has 1 aliphatic heterocycles. The summed E-state index contributed by atoms with van der Waals surface area (Å²) in [6, 6.07) is 4.45. The van der Waals surface area contributed by atoms with Gasteiger partial charge in [0, 0.05) is 25.4 Å². The van der Waals surface area contributed by atoms with Gasteiger partial charge in [-0.3, -0.25) is 4.79 Å². The molecule has 140 valence electrons. The van der Waals surface area contributed by atoms with Crippen LogP contribution in [0.5, 0.6) is 0 Å². The molecule has 0 aliphatic carbocycles. The Bertz CT molecular complexity index is 1070. The number of hydrogen-bond donors (Lipinski definition) is 1. The first kappa shape index (κ1) is 17.1. The van der Waals surface area contributed by atoms with Gasteiger partial charge in [-0.25, -0.2) is 22.7 Å². The highest BCUT2D eigenvalue weighted by Gasteiger charge is 2.17. The van der Waals surface area contributed by atoms with Crippen LogP contribution in [0.15, 0.2) is 35.3 Å². The average molecular weight is 374 g/mol. The number of halogens is 2. The van der Waals surface area contributed by atoms with Crippen molar-refractivity contribution in [1.82, 2.24) is 19.2 Å². The van der Waals surface area contributed by atoms with Crippen LogP contribution in [0.2, 0.25) is 0 Å². The lowest BCUT2D eigenvalue weighted by molar-refractivity contribution is -0.117. The largest absolute Gasteiger partial charge is 0.356 e. The first-order chi connectivity index (χ1) is 13.0. The lowest BCUT2D eigenvalue weighted by Crippen LogP contribution is -2.28. The molecule has 1 aliphatic rings. The number of carbonyl (C=O) groups is 1. The van der Waals surface area contributed by atoms with Gasteiger partial charge in [0.15, 0.2) is 0 Å². The van der Waals surface area contributed by atoms with Crippen LogP contribution < -0.4 is 15.9 Å². The van der Waals surface area contributed by atoms with Gasteiger partial charge in [0.1, 0.15) is 24.0 Å². The number of amides is 1. The quantitative estimate of drug-likeness (QED) is 0.746. The van der Waals surface area contributed by atoms with Crippen molar-refractivity contribution in [2.24, 2.45) is 0 Å². The third-order valence-electron chi connectivity index (χ3n) is 4.37. The normalized spacial score (nSPS) is 14.1. The minimum Gasteiger partial charge on any atom is -0.356 e. The summed E-state index contributed by atoms with van der Waals surface area (Å²) in [5.41, 5.74) is -0.841. The van der Waals surface area contributed by atoms with Crippen molar-refractivity contribution in [3.05, 3.63) is 52.6 Å². The summed E-state index contributed by atoms with van der Waals surface area (Å²) in [5, 5.41) is 6.30. The zero-order chi connectivity index (χ0) is 19.0. The van der Waals surface area contributed by atoms with E-state index >= 15 is 0 Å². The fourth-order valence-electron chi connectivity index (χ4n) is 3.04. The van der Waals surface area contributed by atoms with Gasteiger partial charge in [0.2, 0.25) is 5.91 Å². The minimum absolute atomic E-state index is 0.175. The number of aromatic nitrogens is 4. The maximum absolute atomic E-state index is 13.6. The van der Waals surface area contributed by atoms with Gasteiger partial charge in [-0.2, -0.15) is 4.98 Å². The van der Waals surface area contributed by atoms with E-state index in [9.17, 15) is 18.4 Å². The zero-order valence-corrected chi connectivity index (χ0v) is 14.2. The maximum Gasteiger partial charge on any atom is 0.352 e. The molecule has 2 aromatic heterocycles. The molecule has 1 N–H and O–H groups in total. The van der Waals surface area contributed by atoms with E-state index in [2.05, 4.69) is 20.3 Å². The molecule has 1 saturated heterocycles. The SMILES string of the molecule is O=C(Cn1nc2nc(N3CCCC3)ccn2c1=O)Nc1cc(F)ccc1F. The van der Waals surface area contributed by atoms with Crippen molar-refractivity contribution >= 4 is 23.2 Å². The zero-order valence-electron chi connectivity index (χ0n) is 14.2. The predicted octanol–water partition coefficient (Wildman–Crippen LogP) is 1.41. The Balaban J connectivity index is 1.56. The molecule has 0 saturated carbocycles. The monoisotopic (exact) mass is 374 g/mol. The van der Waals surface area contributed by atoms with Gasteiger partial charge in [-0.1, -0.05) is 0 Å². The Morgan fingerprint density at radius 1 is 1.19 bits per heavy atom. The Morgan fingerprint density at radius 2 is 1.96 bits per heavy atom. The molecular formula is C17H16F2N6O2. The number of fused-ring (bicyclic) bond motifs is 1. The average Bonchev–Trinajstić information content (AvgIpc) is 3.27. The fraction of sp³-hybridized carbons (Fsp3) is 0.294. The molecule has 0 bridgehead atoms. The van der Waals surface area contributed by atoms with E-state index in [1.807, 2.05) is 0 Å². The third-order valence-corrected chi connectivity index (χ3v) is 4.37. The number of hydrogen-bond acceptors (Lipinski definition) is 5. The van der Waals surface area contributed by atoms with Crippen molar-refractivity contribution in [1.29, 1.82) is 0 Å². The minimum atomic E-state index is -0.774. The van der Waals surface area contributed by atoms with Gasteiger partial charge in [0.25, 0.3) is 5.78 Å². The van der Waals surface area contributed by atoms with Crippen LogP contribution in [-0.2, 0) is 11.3 Å². The Labute approximate surface area is 152 Å². The van der Waals surface area contributed by atoms with E-state index in [4.69, 9.17) is 0 Å². The van der Waals surface area contributed by atoms with E-state index in [0.717, 1.165) is 54.6 Å². The highest BCUT2D eigenvalue weighted by molar-refractivity contribution is 5.90. The number of nitrogens with zero attached hydrogens (tertiary/aromatic N) is 5. The van der Waals surface area contributed by atoms with Gasteiger partial charge in [-0.15, -0.1) is 5.10 Å². The fourth-order valence-corrected chi connectivity index (χ4v) is 3.04. The Kier molecular flexibility index (Phi) is 4.30. The summed E-state index contributed by atoms with van der Waals surface area (Å²) in [4.78, 5) is 30.9. The van der Waals surface area contributed by atoms with Gasteiger partial charge >= 0.3 is 5.69 Å². The first-order valence-corrected chi connectivity index (χ1v) is 8.47. The van der Waals surface area contributed by atoms with Crippen LogP contribution in [0.4, 0.5) is 20.3 Å². The van der Waals surface area contributed by atoms with Crippen LogP contribution >= 0.6 is 0 Å². The standard InChI is InChI=1S/C17H16F2N6O2/c18-11-3-4-12(19)13(9-11)20-15(26)10-25-17(27)24-8-5-14(21-16(24)22-25)23-6-1-2-7-23/h3-5,8-9H,1-2,6-7,10H2,(H,20,26). The summed E-state index contributed by atoms with van der Waals surface area (Å²) >= 11 is 0. The molecule has 27 heavy (non-hydrogen) atoms. The molecule has 1 fully saturated rings. The molecule has 10 heteroatoms. The molecule has 0 atom stereocenters. The molecule has 3 heterocycles. The summed E-state index contributed by atoms with van der Waals surface area (Å²) in [6.45, 7) is 1.35. The van der Waals surface area contributed by atoms with Crippen LogP contribution in [0.3, 0.4) is 0 Å². The number of benzene rings is 1. The van der Waals surface area contributed by atoms with E-state index < -0.39 is 29.8 Å². The molecule has 8 nitrogen and oxygen atoms in total. The highest BCUT2D eigenvalue weighted by atomic mass is 19.1. The number of carbonyl (C=O) groups excluding carboxylic acids is 1. The Hall–Kier alpha value is -3.30. The van der Waals surface area contributed by atoms with Gasteiger partial charge in [-0.05, 0) is 31.0 Å². The molecule has 3 aromatic rings. The molecular weight excluding hydrogens is 358 g/mol. The first-order valence-electron chi connectivity index (χ1n) is 8.47. The maximum atomic E-state index is 13.6. The molecule has 0 unspecified atom stereocenters. The van der Waals surface area contributed by atoms with E-state index in [1.54, 1.807) is 12.3 Å². The molecule has 1 amide bonds. The lowest BCUT2D eigenvalue weighted by atomic mass is 10.3. The smallest absolute Gasteiger partial charge is 0.352 e. The second kappa shape index (κ2) is 6.78. The summed E-state index contributed by atoms with van der Waals surface area (Å²) in [5.74, 6) is -1.26. The van der Waals surface area contributed by atoms with Crippen molar-refractivity contribution in [2.75, 3.05) is 23.3 Å². The van der Waals surface area contributed by atoms with Gasteiger partial charge < -0.3 is 10.2 Å². The second-order valence-corrected chi connectivity index (χ2v) is 6.26. The van der Waals surface area contributed by atoms with E-state index in [1.165, 1.54) is 4.40 Å². The lowest BCUT2D eigenvalue weighted by Gasteiger charge is -2.15. The number of anilines is 2. The molecule has 0 radical (unpaired) electrons. The van der Waals surface area contributed by atoms with Crippen LogP contribution in [0.25, 0.3) is 5.78 Å². The van der Waals surface area contributed by atoms with Crippen LogP contribution in [0.1, 0.15) is 12.8 Å². The summed E-state index contributed by atoms with van der Waals surface area (Å²) < 4.78 is 29.0. The second-order valence-electron chi connectivity index (χ2n) is 6.26. The van der Waals surface area contributed by atoms with Crippen LogP contribution in [0, 0.1) is 11.6 Å². The molecule has 1 aromatic carbocycles. The summed E-state index contributed by atoms with van der Waals surface area (Å²) in [7, 11) is 0. The Morgan fingerprint density at radius 3 is 2.74 bits per heavy atom. The van der Waals surface area contributed by atoms with E-state index in [0.29, 0.717) is 0 Å². The van der Waals surface area contributed by atoms with Gasteiger partial charge in [0.05, 0.1) is 5.69 Å².